The third kappa shape index (κ3) is 1.82. The van der Waals surface area contributed by atoms with Crippen molar-refractivity contribution < 1.29 is 19.7 Å². The van der Waals surface area contributed by atoms with Gasteiger partial charge in [-0.25, -0.2) is 0 Å². The maximum atomic E-state index is 10.8. The lowest BCUT2D eigenvalue weighted by atomic mass is 9.73. The molecule has 2 aliphatic heterocycles. The van der Waals surface area contributed by atoms with Crippen molar-refractivity contribution in [2.24, 2.45) is 0 Å². The van der Waals surface area contributed by atoms with Crippen LogP contribution in [0.2, 0.25) is 0 Å². The van der Waals surface area contributed by atoms with Crippen molar-refractivity contribution in [2.45, 2.75) is 37.1 Å². The average molecular weight is 303 g/mol. The fraction of sp³-hybridized carbons (Fsp3) is 0.529. The first-order chi connectivity index (χ1) is 10.6. The lowest BCUT2D eigenvalue weighted by Gasteiger charge is -2.45. The fourth-order valence-corrected chi connectivity index (χ4v) is 4.33. The van der Waals surface area contributed by atoms with Crippen LogP contribution in [0.4, 0.5) is 0 Å². The van der Waals surface area contributed by atoms with Gasteiger partial charge in [0, 0.05) is 32.2 Å². The van der Waals surface area contributed by atoms with Crippen LogP contribution in [0.25, 0.3) is 0 Å². The Labute approximate surface area is 129 Å². The first kappa shape index (κ1) is 14.1. The number of methoxy groups -OCH3 is 2. The van der Waals surface area contributed by atoms with Gasteiger partial charge in [-0.1, -0.05) is 11.6 Å². The second-order valence-corrected chi connectivity index (χ2v) is 6.35. The van der Waals surface area contributed by atoms with Crippen LogP contribution in [0.5, 0.6) is 11.5 Å². The molecule has 0 spiro atoms. The van der Waals surface area contributed by atoms with E-state index in [2.05, 4.69) is 11.0 Å². The molecule has 22 heavy (non-hydrogen) atoms. The van der Waals surface area contributed by atoms with E-state index in [0.29, 0.717) is 5.75 Å². The Morgan fingerprint density at radius 3 is 2.82 bits per heavy atom. The molecule has 0 radical (unpaired) electrons. The quantitative estimate of drug-likeness (QED) is 0.809. The van der Waals surface area contributed by atoms with Crippen molar-refractivity contribution in [3.63, 3.8) is 0 Å². The van der Waals surface area contributed by atoms with Gasteiger partial charge in [0.25, 0.3) is 0 Å². The monoisotopic (exact) mass is 303 g/mol. The number of phenols is 1. The molecule has 2 N–H and O–H groups in total. The van der Waals surface area contributed by atoms with Gasteiger partial charge in [0.15, 0.2) is 11.5 Å². The Bertz CT molecular complexity index is 642. The molecule has 0 saturated carbocycles. The number of fused-ring (bicyclic) bond motifs is 2. The summed E-state index contributed by atoms with van der Waals surface area (Å²) in [5.41, 5.74) is 3.48. The minimum atomic E-state index is -0.605. The summed E-state index contributed by atoms with van der Waals surface area (Å²) < 4.78 is 10.7. The van der Waals surface area contributed by atoms with Crippen molar-refractivity contribution in [1.29, 1.82) is 0 Å². The molecule has 1 aromatic carbocycles. The summed E-state index contributed by atoms with van der Waals surface area (Å²) in [4.78, 5) is 2.41. The van der Waals surface area contributed by atoms with E-state index < -0.39 is 6.10 Å². The zero-order valence-corrected chi connectivity index (χ0v) is 12.8. The summed E-state index contributed by atoms with van der Waals surface area (Å²) in [6.45, 7) is 1.83. The van der Waals surface area contributed by atoms with Crippen LogP contribution in [0.1, 0.15) is 23.5 Å². The summed E-state index contributed by atoms with van der Waals surface area (Å²) in [5, 5.41) is 20.9. The van der Waals surface area contributed by atoms with Crippen molar-refractivity contribution in [2.75, 3.05) is 20.8 Å². The summed E-state index contributed by atoms with van der Waals surface area (Å²) >= 11 is 0. The van der Waals surface area contributed by atoms with Gasteiger partial charge < -0.3 is 19.7 Å². The van der Waals surface area contributed by atoms with Gasteiger partial charge in [-0.15, -0.1) is 0 Å². The first-order valence-electron chi connectivity index (χ1n) is 7.69. The summed E-state index contributed by atoms with van der Waals surface area (Å²) in [6, 6.07) is 3.88. The van der Waals surface area contributed by atoms with E-state index >= 15 is 0 Å². The molecule has 4 rings (SSSR count). The highest BCUT2D eigenvalue weighted by molar-refractivity contribution is 5.52. The summed E-state index contributed by atoms with van der Waals surface area (Å²) in [6.07, 6.45) is 2.21. The number of rotatable bonds is 2. The molecule has 1 saturated heterocycles. The van der Waals surface area contributed by atoms with E-state index in [-0.39, 0.29) is 23.8 Å². The molecule has 4 atom stereocenters. The molecule has 0 bridgehead atoms. The highest BCUT2D eigenvalue weighted by Gasteiger charge is 2.49. The number of aliphatic hydroxyl groups excluding tert-OH is 1. The lowest BCUT2D eigenvalue weighted by Crippen LogP contribution is -2.50. The fourth-order valence-electron chi connectivity index (χ4n) is 4.33. The Morgan fingerprint density at radius 2 is 2.09 bits per heavy atom. The maximum absolute atomic E-state index is 10.8. The normalized spacial score (nSPS) is 33.1. The maximum Gasteiger partial charge on any atom is 0.160 e. The Hall–Kier alpha value is -1.56. The molecule has 3 aliphatic rings. The van der Waals surface area contributed by atoms with Gasteiger partial charge in [0.1, 0.15) is 6.10 Å². The van der Waals surface area contributed by atoms with Crippen molar-refractivity contribution in [3.05, 3.63) is 34.9 Å². The summed E-state index contributed by atoms with van der Waals surface area (Å²) in [7, 11) is 3.19. The lowest BCUT2D eigenvalue weighted by molar-refractivity contribution is -0.0231. The number of aliphatic hydroxyl groups is 1. The topological polar surface area (TPSA) is 62.2 Å². The second kappa shape index (κ2) is 4.98. The van der Waals surface area contributed by atoms with Crippen molar-refractivity contribution >= 4 is 0 Å². The van der Waals surface area contributed by atoms with Crippen LogP contribution in [-0.2, 0) is 11.3 Å². The number of benzene rings is 1. The second-order valence-electron chi connectivity index (χ2n) is 6.35. The van der Waals surface area contributed by atoms with Gasteiger partial charge in [0.05, 0.1) is 13.2 Å². The van der Waals surface area contributed by atoms with Crippen LogP contribution in [0.15, 0.2) is 23.8 Å². The molecule has 1 aliphatic carbocycles. The smallest absolute Gasteiger partial charge is 0.160 e. The number of phenolic OH excluding ortho intramolecular Hbond substituents is 1. The number of nitrogens with zero attached hydrogens (tertiary/aromatic N) is 1. The van der Waals surface area contributed by atoms with Crippen LogP contribution in [0, 0.1) is 0 Å². The van der Waals surface area contributed by atoms with Crippen LogP contribution in [-0.4, -0.2) is 54.1 Å². The van der Waals surface area contributed by atoms with Crippen LogP contribution >= 0.6 is 0 Å². The Morgan fingerprint density at radius 1 is 1.27 bits per heavy atom. The van der Waals surface area contributed by atoms with E-state index in [1.807, 2.05) is 6.07 Å². The third-order valence-corrected chi connectivity index (χ3v) is 5.33. The van der Waals surface area contributed by atoms with Crippen molar-refractivity contribution in [1.82, 2.24) is 4.90 Å². The van der Waals surface area contributed by atoms with E-state index in [9.17, 15) is 10.2 Å². The highest BCUT2D eigenvalue weighted by atomic mass is 16.5. The molecule has 5 nitrogen and oxygen atoms in total. The predicted molar refractivity (Wildman–Crippen MR) is 81.1 cm³/mol. The molecular formula is C17H21NO4. The van der Waals surface area contributed by atoms with Gasteiger partial charge >= 0.3 is 0 Å². The van der Waals surface area contributed by atoms with Crippen LogP contribution in [0.3, 0.4) is 0 Å². The number of ether oxygens (including phenoxy) is 2. The number of hydrogen-bond donors (Lipinski definition) is 2. The molecule has 0 amide bonds. The molecule has 118 valence electrons. The molecular weight excluding hydrogens is 282 g/mol. The predicted octanol–water partition coefficient (Wildman–Crippen LogP) is 1.39. The molecule has 0 unspecified atom stereocenters. The van der Waals surface area contributed by atoms with Gasteiger partial charge in [-0.05, 0) is 29.7 Å². The Kier molecular flexibility index (Phi) is 3.18. The molecule has 0 aromatic heterocycles. The van der Waals surface area contributed by atoms with Crippen molar-refractivity contribution in [3.8, 4) is 11.5 Å². The zero-order valence-electron chi connectivity index (χ0n) is 12.8. The van der Waals surface area contributed by atoms with E-state index in [4.69, 9.17) is 9.47 Å². The first-order valence-corrected chi connectivity index (χ1v) is 7.69. The SMILES string of the molecule is COc1cc2c(cc1O)[C@@H]1[C@H](O)[C@H](OC)C=C3CCN(C2)[C@H]31. The number of hydrogen-bond acceptors (Lipinski definition) is 5. The summed E-state index contributed by atoms with van der Waals surface area (Å²) in [5.74, 6) is 0.554. The van der Waals surface area contributed by atoms with E-state index in [1.54, 1.807) is 20.3 Å². The molecule has 2 heterocycles. The zero-order chi connectivity index (χ0) is 15.4. The molecule has 1 aromatic rings. The van der Waals surface area contributed by atoms with Crippen LogP contribution < -0.4 is 4.74 Å². The average Bonchev–Trinajstić information content (AvgIpc) is 2.92. The van der Waals surface area contributed by atoms with E-state index in [1.165, 1.54) is 5.57 Å². The number of aromatic hydroxyl groups is 1. The minimum absolute atomic E-state index is 0.0620. The van der Waals surface area contributed by atoms with E-state index in [0.717, 1.165) is 30.6 Å². The minimum Gasteiger partial charge on any atom is -0.504 e. The van der Waals surface area contributed by atoms with Gasteiger partial charge in [-0.3, -0.25) is 4.90 Å². The van der Waals surface area contributed by atoms with Gasteiger partial charge in [-0.2, -0.15) is 0 Å². The highest BCUT2D eigenvalue weighted by Crippen LogP contribution is 2.49. The molecule has 5 heteroatoms. The molecule has 1 fully saturated rings. The third-order valence-electron chi connectivity index (χ3n) is 5.33. The Balaban J connectivity index is 1.86. The van der Waals surface area contributed by atoms with Gasteiger partial charge in [0.2, 0.25) is 0 Å². The standard InChI is InChI=1S/C17H21NO4/c1-21-13-6-10-8-18-4-3-9-5-14(22-2)17(20)15(16(9)18)11(10)7-12(13)19/h5-7,14-17,19-20H,3-4,8H2,1-2H3/t14-,15+,16-,17-/m1/s1. The largest absolute Gasteiger partial charge is 0.504 e.